The van der Waals surface area contributed by atoms with E-state index < -0.39 is 0 Å². The van der Waals surface area contributed by atoms with E-state index in [0.717, 1.165) is 12.2 Å². The number of morpholine rings is 1. The minimum atomic E-state index is -0.329. The van der Waals surface area contributed by atoms with Crippen LogP contribution in [0.1, 0.15) is 13.8 Å². The van der Waals surface area contributed by atoms with E-state index in [0.29, 0.717) is 18.2 Å². The largest absolute Gasteiger partial charge is 0.369 e. The number of aromatic nitrogens is 1. The van der Waals surface area contributed by atoms with Gasteiger partial charge in [0.1, 0.15) is 6.61 Å². The van der Waals surface area contributed by atoms with Crippen LogP contribution in [0.5, 0.6) is 0 Å². The van der Waals surface area contributed by atoms with E-state index in [1.165, 1.54) is 4.90 Å². The van der Waals surface area contributed by atoms with E-state index in [-0.39, 0.29) is 24.2 Å². The molecule has 7 heteroatoms. The zero-order chi connectivity index (χ0) is 17.0. The van der Waals surface area contributed by atoms with Crippen LogP contribution in [-0.4, -0.2) is 67.9 Å². The Labute approximate surface area is 142 Å². The summed E-state index contributed by atoms with van der Waals surface area (Å²) in [5, 5.41) is 0.618. The zero-order valence-electron chi connectivity index (χ0n) is 14.1. The first-order valence-corrected chi connectivity index (χ1v) is 7.96. The molecule has 0 N–H and O–H groups in total. The van der Waals surface area contributed by atoms with Gasteiger partial charge in [-0.3, -0.25) is 9.78 Å². The molecule has 1 aliphatic rings. The summed E-state index contributed by atoms with van der Waals surface area (Å²) in [4.78, 5) is 19.3. The van der Waals surface area contributed by atoms with Crippen LogP contribution in [0.25, 0.3) is 0 Å². The standard InChI is InChI=1S/C16H24ClN3O3/c1-16(2)11-20(14-5-6-18-7-13(14)17)8-12(23-16)9-22-10-15(21)19(3)4/h5-7,12H,8-11H2,1-4H3/t12-/m0/s1. The van der Waals surface area contributed by atoms with Crippen LogP contribution in [0.15, 0.2) is 18.5 Å². The second-order valence-corrected chi connectivity index (χ2v) is 6.92. The van der Waals surface area contributed by atoms with Gasteiger partial charge in [0.15, 0.2) is 0 Å². The van der Waals surface area contributed by atoms with Crippen molar-refractivity contribution in [3.05, 3.63) is 23.5 Å². The van der Waals surface area contributed by atoms with E-state index >= 15 is 0 Å². The number of halogens is 1. The first kappa shape index (κ1) is 18.0. The fraction of sp³-hybridized carbons (Fsp3) is 0.625. The lowest BCUT2D eigenvalue weighted by atomic mass is 10.0. The Kier molecular flexibility index (Phi) is 5.84. The lowest BCUT2D eigenvalue weighted by Crippen LogP contribution is -2.54. The van der Waals surface area contributed by atoms with Crippen molar-refractivity contribution in [3.8, 4) is 0 Å². The van der Waals surface area contributed by atoms with Crippen molar-refractivity contribution in [1.29, 1.82) is 0 Å². The molecule has 0 aromatic carbocycles. The maximum atomic E-state index is 11.6. The maximum Gasteiger partial charge on any atom is 0.248 e. The third kappa shape index (κ3) is 5.06. The van der Waals surface area contributed by atoms with Crippen molar-refractivity contribution >= 4 is 23.2 Å². The van der Waals surface area contributed by atoms with Gasteiger partial charge in [-0.05, 0) is 19.9 Å². The highest BCUT2D eigenvalue weighted by Gasteiger charge is 2.34. The monoisotopic (exact) mass is 341 g/mol. The van der Waals surface area contributed by atoms with E-state index in [1.807, 2.05) is 19.9 Å². The Morgan fingerprint density at radius 1 is 1.57 bits per heavy atom. The fourth-order valence-electron chi connectivity index (χ4n) is 2.60. The minimum absolute atomic E-state index is 0.0588. The van der Waals surface area contributed by atoms with Gasteiger partial charge in [0, 0.05) is 39.6 Å². The van der Waals surface area contributed by atoms with Crippen LogP contribution in [0.2, 0.25) is 5.02 Å². The summed E-state index contributed by atoms with van der Waals surface area (Å²) in [6.07, 6.45) is 3.24. The molecule has 0 unspecified atom stereocenters. The highest BCUT2D eigenvalue weighted by Crippen LogP contribution is 2.30. The molecule has 0 saturated carbocycles. The van der Waals surface area contributed by atoms with Crippen molar-refractivity contribution in [3.63, 3.8) is 0 Å². The zero-order valence-corrected chi connectivity index (χ0v) is 14.8. The van der Waals surface area contributed by atoms with Crippen LogP contribution < -0.4 is 4.90 Å². The SMILES string of the molecule is CN(C)C(=O)COC[C@@H]1CN(c2ccncc2Cl)CC(C)(C)O1. The quantitative estimate of drug-likeness (QED) is 0.817. The van der Waals surface area contributed by atoms with Gasteiger partial charge < -0.3 is 19.3 Å². The Bertz CT molecular complexity index is 551. The first-order chi connectivity index (χ1) is 10.8. The third-order valence-electron chi connectivity index (χ3n) is 3.60. The number of likely N-dealkylation sites (N-methyl/N-ethyl adjacent to an activating group) is 1. The molecule has 0 bridgehead atoms. The van der Waals surface area contributed by atoms with E-state index in [9.17, 15) is 4.79 Å². The predicted molar refractivity (Wildman–Crippen MR) is 89.9 cm³/mol. The number of carbonyl (C=O) groups is 1. The summed E-state index contributed by atoms with van der Waals surface area (Å²) in [5.41, 5.74) is 0.608. The molecule has 0 spiro atoms. The molecule has 1 amide bonds. The van der Waals surface area contributed by atoms with E-state index in [2.05, 4.69) is 9.88 Å². The van der Waals surface area contributed by atoms with Gasteiger partial charge in [-0.15, -0.1) is 0 Å². The van der Waals surface area contributed by atoms with Crippen molar-refractivity contribution in [1.82, 2.24) is 9.88 Å². The fourth-order valence-corrected chi connectivity index (χ4v) is 2.84. The van der Waals surface area contributed by atoms with Crippen molar-refractivity contribution in [2.24, 2.45) is 0 Å². The van der Waals surface area contributed by atoms with Gasteiger partial charge in [-0.2, -0.15) is 0 Å². The number of pyridine rings is 1. The molecule has 6 nitrogen and oxygen atoms in total. The van der Waals surface area contributed by atoms with Crippen LogP contribution in [0.3, 0.4) is 0 Å². The van der Waals surface area contributed by atoms with Gasteiger partial charge in [-0.1, -0.05) is 11.6 Å². The van der Waals surface area contributed by atoms with E-state index in [1.54, 1.807) is 26.5 Å². The molecule has 1 fully saturated rings. The van der Waals surface area contributed by atoms with Gasteiger partial charge in [0.2, 0.25) is 5.91 Å². The van der Waals surface area contributed by atoms with Crippen molar-refractivity contribution in [2.75, 3.05) is 45.3 Å². The molecule has 0 radical (unpaired) electrons. The second kappa shape index (κ2) is 7.47. The molecule has 1 aromatic heterocycles. The highest BCUT2D eigenvalue weighted by atomic mass is 35.5. The Morgan fingerprint density at radius 3 is 2.96 bits per heavy atom. The van der Waals surface area contributed by atoms with Gasteiger partial charge in [0.25, 0.3) is 0 Å². The van der Waals surface area contributed by atoms with Crippen LogP contribution >= 0.6 is 11.6 Å². The molecular weight excluding hydrogens is 318 g/mol. The number of hydrogen-bond donors (Lipinski definition) is 0. The number of rotatable bonds is 5. The van der Waals surface area contributed by atoms with Crippen LogP contribution in [0, 0.1) is 0 Å². The summed E-state index contributed by atoms with van der Waals surface area (Å²) >= 11 is 6.25. The maximum absolute atomic E-state index is 11.6. The van der Waals surface area contributed by atoms with Gasteiger partial charge in [-0.25, -0.2) is 0 Å². The Balaban J connectivity index is 1.99. The Hall–Kier alpha value is -1.37. The predicted octanol–water partition coefficient (Wildman–Crippen LogP) is 1.82. The molecule has 1 aliphatic heterocycles. The summed E-state index contributed by atoms with van der Waals surface area (Å²) in [7, 11) is 3.41. The van der Waals surface area contributed by atoms with Gasteiger partial charge in [0.05, 0.1) is 29.0 Å². The highest BCUT2D eigenvalue weighted by molar-refractivity contribution is 6.33. The van der Waals surface area contributed by atoms with Crippen molar-refractivity contribution in [2.45, 2.75) is 25.6 Å². The molecule has 23 heavy (non-hydrogen) atoms. The topological polar surface area (TPSA) is 54.9 Å². The molecule has 2 heterocycles. The average molecular weight is 342 g/mol. The number of hydrogen-bond acceptors (Lipinski definition) is 5. The minimum Gasteiger partial charge on any atom is -0.369 e. The summed E-state index contributed by atoms with van der Waals surface area (Å²) < 4.78 is 11.6. The average Bonchev–Trinajstić information content (AvgIpc) is 2.45. The first-order valence-electron chi connectivity index (χ1n) is 7.59. The molecule has 1 atom stereocenters. The molecule has 1 aromatic rings. The Morgan fingerprint density at radius 2 is 2.30 bits per heavy atom. The summed E-state index contributed by atoms with van der Waals surface area (Å²) in [6.45, 7) is 5.87. The summed E-state index contributed by atoms with van der Waals surface area (Å²) in [6, 6.07) is 1.90. The number of carbonyl (C=O) groups excluding carboxylic acids is 1. The number of nitrogens with zero attached hydrogens (tertiary/aromatic N) is 3. The van der Waals surface area contributed by atoms with E-state index in [4.69, 9.17) is 21.1 Å². The second-order valence-electron chi connectivity index (χ2n) is 6.51. The van der Waals surface area contributed by atoms with Crippen molar-refractivity contribution < 1.29 is 14.3 Å². The molecule has 0 aliphatic carbocycles. The van der Waals surface area contributed by atoms with Crippen LogP contribution in [0.4, 0.5) is 5.69 Å². The lowest BCUT2D eigenvalue weighted by Gasteiger charge is -2.44. The smallest absolute Gasteiger partial charge is 0.248 e. The summed E-state index contributed by atoms with van der Waals surface area (Å²) in [5.74, 6) is -0.0610. The molecular formula is C16H24ClN3O3. The number of ether oxygens (including phenoxy) is 2. The lowest BCUT2D eigenvalue weighted by molar-refractivity contribution is -0.139. The van der Waals surface area contributed by atoms with Crippen LogP contribution in [-0.2, 0) is 14.3 Å². The third-order valence-corrected chi connectivity index (χ3v) is 3.89. The molecule has 128 valence electrons. The molecule has 2 rings (SSSR count). The number of amides is 1. The normalized spacial score (nSPS) is 20.4. The molecule has 1 saturated heterocycles. The number of anilines is 1. The van der Waals surface area contributed by atoms with Gasteiger partial charge >= 0.3 is 0 Å².